The number of halogens is 3. The van der Waals surface area contributed by atoms with Crippen LogP contribution in [-0.2, 0) is 19.3 Å². The molecule has 0 saturated heterocycles. The number of rotatable bonds is 7. The molecule has 172 valence electrons. The highest BCUT2D eigenvalue weighted by Gasteiger charge is 2.06. The van der Waals surface area contributed by atoms with Gasteiger partial charge in [-0.05, 0) is 90.0 Å². The van der Waals surface area contributed by atoms with Gasteiger partial charge in [0.05, 0.1) is 5.56 Å². The first-order valence-electron chi connectivity index (χ1n) is 11.6. The van der Waals surface area contributed by atoms with Crippen LogP contribution in [0.2, 0.25) is 0 Å². The van der Waals surface area contributed by atoms with Crippen molar-refractivity contribution in [1.82, 2.24) is 4.98 Å². The van der Waals surface area contributed by atoms with Crippen molar-refractivity contribution in [2.24, 2.45) is 0 Å². The summed E-state index contributed by atoms with van der Waals surface area (Å²) in [5.74, 6) is 3.59. The first kappa shape index (κ1) is 23.6. The normalized spacial score (nSPS) is 10.8. The Labute approximate surface area is 198 Å². The van der Waals surface area contributed by atoms with Crippen molar-refractivity contribution in [3.05, 3.63) is 112 Å². The van der Waals surface area contributed by atoms with Crippen LogP contribution in [0.3, 0.4) is 0 Å². The summed E-state index contributed by atoms with van der Waals surface area (Å²) < 4.78 is 41.5. The first-order valence-corrected chi connectivity index (χ1v) is 11.6. The van der Waals surface area contributed by atoms with E-state index in [-0.39, 0.29) is 5.82 Å². The summed E-state index contributed by atoms with van der Waals surface area (Å²) in [5.41, 5.74) is 4.04. The monoisotopic (exact) mass is 457 g/mol. The van der Waals surface area contributed by atoms with E-state index in [1.165, 1.54) is 30.9 Å². The maximum atomic E-state index is 14.6. The lowest BCUT2D eigenvalue weighted by Crippen LogP contribution is -1.97. The second-order valence-electron chi connectivity index (χ2n) is 8.51. The molecule has 4 aromatic rings. The maximum Gasteiger partial charge on any atom is 0.159 e. The van der Waals surface area contributed by atoms with Crippen LogP contribution in [0, 0.1) is 29.3 Å². The van der Waals surface area contributed by atoms with E-state index in [0.717, 1.165) is 36.2 Å². The van der Waals surface area contributed by atoms with Crippen molar-refractivity contribution >= 4 is 10.8 Å². The van der Waals surface area contributed by atoms with Gasteiger partial charge in [0.25, 0.3) is 0 Å². The van der Waals surface area contributed by atoms with Crippen LogP contribution >= 0.6 is 0 Å². The number of hydrogen-bond acceptors (Lipinski definition) is 1. The van der Waals surface area contributed by atoms with Gasteiger partial charge in [0, 0.05) is 17.5 Å². The van der Waals surface area contributed by atoms with Gasteiger partial charge in [-0.1, -0.05) is 49.8 Å². The molecule has 0 aliphatic carbocycles. The third-order valence-electron chi connectivity index (χ3n) is 5.88. The Hall–Kier alpha value is -3.58. The molecule has 0 fully saturated rings. The largest absolute Gasteiger partial charge is 0.261 e. The van der Waals surface area contributed by atoms with Crippen LogP contribution in [0.5, 0.6) is 0 Å². The molecule has 4 heteroatoms. The first-order chi connectivity index (χ1) is 16.5. The van der Waals surface area contributed by atoms with E-state index in [4.69, 9.17) is 0 Å². The maximum absolute atomic E-state index is 14.6. The van der Waals surface area contributed by atoms with Crippen molar-refractivity contribution in [3.63, 3.8) is 0 Å². The Kier molecular flexibility index (Phi) is 7.65. The minimum absolute atomic E-state index is 0.295. The molecule has 0 aliphatic heterocycles. The molecule has 4 rings (SSSR count). The van der Waals surface area contributed by atoms with Crippen LogP contribution in [0.1, 0.15) is 54.1 Å². The molecular formula is C30H26F3N. The van der Waals surface area contributed by atoms with Crippen molar-refractivity contribution in [2.45, 2.75) is 45.4 Å². The van der Waals surface area contributed by atoms with Gasteiger partial charge in [0.1, 0.15) is 5.82 Å². The summed E-state index contributed by atoms with van der Waals surface area (Å²) in [7, 11) is 0. The van der Waals surface area contributed by atoms with Gasteiger partial charge in [-0.15, -0.1) is 0 Å². The summed E-state index contributed by atoms with van der Waals surface area (Å²) in [5, 5.41) is 1.13. The molecule has 0 atom stereocenters. The number of aryl methyl sites for hydroxylation is 3. The zero-order valence-electron chi connectivity index (χ0n) is 19.2. The highest BCUT2D eigenvalue weighted by atomic mass is 19.2. The van der Waals surface area contributed by atoms with Crippen molar-refractivity contribution in [2.75, 3.05) is 0 Å². The molecule has 0 aliphatic rings. The molecule has 0 spiro atoms. The molecule has 0 unspecified atom stereocenters. The van der Waals surface area contributed by atoms with Gasteiger partial charge in [0.2, 0.25) is 0 Å². The Morgan fingerprint density at radius 3 is 2.21 bits per heavy atom. The summed E-state index contributed by atoms with van der Waals surface area (Å²) in [4.78, 5) is 4.55. The lowest BCUT2D eigenvalue weighted by Gasteiger charge is -2.05. The molecule has 3 aromatic carbocycles. The van der Waals surface area contributed by atoms with Crippen LogP contribution in [0.4, 0.5) is 13.2 Å². The molecule has 0 bridgehead atoms. The molecule has 1 aromatic heterocycles. The van der Waals surface area contributed by atoms with Crippen molar-refractivity contribution < 1.29 is 13.2 Å². The molecule has 34 heavy (non-hydrogen) atoms. The quantitative estimate of drug-likeness (QED) is 0.206. The fourth-order valence-electron chi connectivity index (χ4n) is 3.88. The number of benzene rings is 3. The predicted octanol–water partition coefficient (Wildman–Crippen LogP) is 7.57. The summed E-state index contributed by atoms with van der Waals surface area (Å²) in [6, 6.07) is 16.6. The van der Waals surface area contributed by atoms with Gasteiger partial charge in [-0.2, -0.15) is 0 Å². The minimum Gasteiger partial charge on any atom is -0.261 e. The third kappa shape index (κ3) is 6.05. The fraction of sp³-hybridized carbons (Fsp3) is 0.233. The van der Waals surface area contributed by atoms with E-state index >= 15 is 0 Å². The lowest BCUT2D eigenvalue weighted by atomic mass is 10.0. The van der Waals surface area contributed by atoms with Gasteiger partial charge in [-0.3, -0.25) is 4.98 Å². The highest BCUT2D eigenvalue weighted by molar-refractivity contribution is 5.84. The van der Waals surface area contributed by atoms with Gasteiger partial charge >= 0.3 is 0 Å². The second-order valence-corrected chi connectivity index (χ2v) is 8.51. The molecule has 0 N–H and O–H groups in total. The molecule has 1 nitrogen and oxygen atoms in total. The van der Waals surface area contributed by atoms with Crippen LogP contribution in [-0.4, -0.2) is 4.98 Å². The van der Waals surface area contributed by atoms with Crippen LogP contribution in [0.25, 0.3) is 10.8 Å². The van der Waals surface area contributed by atoms with Gasteiger partial charge in [0.15, 0.2) is 11.6 Å². The number of fused-ring (bicyclic) bond motifs is 1. The van der Waals surface area contributed by atoms with E-state index in [9.17, 15) is 13.2 Å². The van der Waals surface area contributed by atoms with E-state index < -0.39 is 11.6 Å². The zero-order valence-corrected chi connectivity index (χ0v) is 19.2. The summed E-state index contributed by atoms with van der Waals surface area (Å²) >= 11 is 0. The second kappa shape index (κ2) is 11.0. The topological polar surface area (TPSA) is 12.9 Å². The molecule has 0 saturated carbocycles. The summed E-state index contributed by atoms with van der Waals surface area (Å²) in [6.45, 7) is 2.20. The highest BCUT2D eigenvalue weighted by Crippen LogP contribution is 2.20. The number of nitrogens with zero attached hydrogens (tertiary/aromatic N) is 1. The standard InChI is InChI=1S/C30H26F3N/c1-2-3-4-5-23-10-15-27(34-20-23)14-9-22-7-12-24(28(31)17-22)11-6-21-8-13-25-18-29(32)30(33)19-26(25)16-21/h7-8,10,12-13,15-20H,2-5,9,14H2,1H3. The number of unbranched alkanes of at least 4 members (excludes halogenated alkanes) is 2. The van der Waals surface area contributed by atoms with Gasteiger partial charge in [-0.25, -0.2) is 13.2 Å². The fourth-order valence-corrected chi connectivity index (χ4v) is 3.88. The van der Waals surface area contributed by atoms with Crippen molar-refractivity contribution in [1.29, 1.82) is 0 Å². The number of hydrogen-bond donors (Lipinski definition) is 0. The predicted molar refractivity (Wildman–Crippen MR) is 131 cm³/mol. The number of pyridine rings is 1. The van der Waals surface area contributed by atoms with E-state index in [0.29, 0.717) is 28.3 Å². The lowest BCUT2D eigenvalue weighted by molar-refractivity contribution is 0.511. The molecule has 1 heterocycles. The number of aromatic nitrogens is 1. The molecule has 0 radical (unpaired) electrons. The van der Waals surface area contributed by atoms with E-state index in [1.807, 2.05) is 12.3 Å². The molecular weight excluding hydrogens is 431 g/mol. The van der Waals surface area contributed by atoms with Crippen molar-refractivity contribution in [3.8, 4) is 11.8 Å². The van der Waals surface area contributed by atoms with Gasteiger partial charge < -0.3 is 0 Å². The van der Waals surface area contributed by atoms with Crippen LogP contribution < -0.4 is 0 Å². The Morgan fingerprint density at radius 1 is 0.676 bits per heavy atom. The smallest absolute Gasteiger partial charge is 0.159 e. The SMILES string of the molecule is CCCCCc1ccc(CCc2ccc(C#Cc3ccc4cc(F)c(F)cc4c3)c(F)c2)nc1. The van der Waals surface area contributed by atoms with E-state index in [2.05, 4.69) is 35.9 Å². The Bertz CT molecular complexity index is 1350. The van der Waals surface area contributed by atoms with Crippen LogP contribution in [0.15, 0.2) is 66.9 Å². The van der Waals surface area contributed by atoms with E-state index in [1.54, 1.807) is 24.3 Å². The Morgan fingerprint density at radius 2 is 1.47 bits per heavy atom. The Balaban J connectivity index is 1.39. The summed E-state index contributed by atoms with van der Waals surface area (Å²) in [6.07, 6.45) is 8.07. The molecule has 0 amide bonds. The zero-order chi connectivity index (χ0) is 23.9. The minimum atomic E-state index is -0.905. The average Bonchev–Trinajstić information content (AvgIpc) is 2.84. The average molecular weight is 458 g/mol. The third-order valence-corrected chi connectivity index (χ3v) is 5.88.